The molecule has 2 N–H and O–H groups in total. The molecule has 0 amide bonds. The summed E-state index contributed by atoms with van der Waals surface area (Å²) in [7, 11) is 5.05. The van der Waals surface area contributed by atoms with E-state index in [1.165, 1.54) is 64.2 Å². The zero-order valence-corrected chi connectivity index (χ0v) is 35.6. The molecule has 1 saturated heterocycles. The highest BCUT2D eigenvalue weighted by Gasteiger charge is 2.88. The topological polar surface area (TPSA) is 124 Å². The van der Waals surface area contributed by atoms with Gasteiger partial charge >= 0.3 is 11.9 Å². The summed E-state index contributed by atoms with van der Waals surface area (Å²) in [6.45, 7) is 6.15. The first-order valence-corrected chi connectivity index (χ1v) is 22.8. The molecule has 7 bridgehead atoms. The summed E-state index contributed by atoms with van der Waals surface area (Å²) in [5.41, 5.74) is -1.95. The Morgan fingerprint density at radius 2 is 1.44 bits per heavy atom. The molecule has 14 atom stereocenters. The Kier molecular flexibility index (Phi) is 13.8. The van der Waals surface area contributed by atoms with Gasteiger partial charge in [-0.25, -0.2) is 4.79 Å². The Bertz CT molecular complexity index is 1490. The second kappa shape index (κ2) is 18.3. The molecule has 1 aromatic rings. The molecule has 1 heterocycles. The maximum absolute atomic E-state index is 14.4. The lowest BCUT2D eigenvalue weighted by molar-refractivity contribution is -0.295. The summed E-state index contributed by atoms with van der Waals surface area (Å²) >= 11 is 0. The van der Waals surface area contributed by atoms with E-state index in [2.05, 4.69) is 18.7 Å². The number of aliphatic hydroxyl groups is 2. The summed E-state index contributed by atoms with van der Waals surface area (Å²) in [6.07, 6.45) is 14.5. The van der Waals surface area contributed by atoms with Crippen molar-refractivity contribution >= 4 is 11.9 Å². The maximum atomic E-state index is 14.4. The van der Waals surface area contributed by atoms with Gasteiger partial charge in [0.15, 0.2) is 5.60 Å². The number of rotatable bonds is 22. The van der Waals surface area contributed by atoms with Crippen molar-refractivity contribution in [1.82, 2.24) is 4.90 Å². The van der Waals surface area contributed by atoms with Gasteiger partial charge in [0.2, 0.25) is 0 Å². The van der Waals surface area contributed by atoms with Gasteiger partial charge in [-0.15, -0.1) is 0 Å². The molecule has 10 nitrogen and oxygen atoms in total. The number of fused-ring (bicyclic) bond motifs is 2. The van der Waals surface area contributed by atoms with Crippen LogP contribution in [0.3, 0.4) is 0 Å². The summed E-state index contributed by atoms with van der Waals surface area (Å²) in [5.74, 6) is -2.16. The van der Waals surface area contributed by atoms with Crippen molar-refractivity contribution in [2.45, 2.75) is 165 Å². The van der Waals surface area contributed by atoms with Gasteiger partial charge in [0.1, 0.15) is 12.2 Å². The highest BCUT2D eigenvalue weighted by atomic mass is 16.6. The second-order valence-electron chi connectivity index (χ2n) is 18.8. The van der Waals surface area contributed by atoms with Gasteiger partial charge in [-0.1, -0.05) is 109 Å². The van der Waals surface area contributed by atoms with Crippen LogP contribution in [0.25, 0.3) is 0 Å². The number of likely N-dealkylation sites (tertiary alicyclic amines) is 1. The lowest BCUT2D eigenvalue weighted by atomic mass is 9.43. The number of hydrogen-bond donors (Lipinski definition) is 2. The number of methoxy groups -OCH3 is 3. The molecule has 7 rings (SSSR count). The summed E-state index contributed by atoms with van der Waals surface area (Å²) in [6, 6.07) is 8.97. The molecule has 0 aromatic heterocycles. The van der Waals surface area contributed by atoms with Gasteiger partial charge in [0, 0.05) is 69.4 Å². The molecule has 5 aliphatic carbocycles. The van der Waals surface area contributed by atoms with Gasteiger partial charge in [0.05, 0.1) is 30.5 Å². The van der Waals surface area contributed by atoms with Crippen LogP contribution in [0.2, 0.25) is 0 Å². The molecule has 2 unspecified atom stereocenters. The van der Waals surface area contributed by atoms with Crippen LogP contribution >= 0.6 is 0 Å². The van der Waals surface area contributed by atoms with Crippen LogP contribution in [-0.4, -0.2) is 110 Å². The SMILES string of the molecule is CCCCCCCCCCCCCCCC(=O)O[C@@]12[C@@H]3[C@@H](CC([C@@H](OC)[C@@H]1O)[C@@H]3OC(=O)c1ccccc1)[C@@]13CC[C@@H](O)[C@@]4(COC)CN(CC)C1[C@@H]2[C@H](OC)[C@H]43. The Morgan fingerprint density at radius 1 is 0.807 bits per heavy atom. The second-order valence-corrected chi connectivity index (χ2v) is 18.8. The first-order valence-electron chi connectivity index (χ1n) is 22.8. The van der Waals surface area contributed by atoms with E-state index < -0.39 is 59.3 Å². The molecule has 0 radical (unpaired) electrons. The Morgan fingerprint density at radius 3 is 2.04 bits per heavy atom. The Hall–Kier alpha value is -2.08. The van der Waals surface area contributed by atoms with Crippen LogP contribution in [0.5, 0.6) is 0 Å². The molecule has 1 spiro atoms. The molecule has 5 saturated carbocycles. The third-order valence-corrected chi connectivity index (χ3v) is 16.2. The number of benzene rings is 1. The maximum Gasteiger partial charge on any atom is 0.338 e. The van der Waals surface area contributed by atoms with E-state index in [0.29, 0.717) is 31.6 Å². The fourth-order valence-corrected chi connectivity index (χ4v) is 14.3. The van der Waals surface area contributed by atoms with E-state index in [0.717, 1.165) is 32.2 Å². The number of carbonyl (C=O) groups is 2. The van der Waals surface area contributed by atoms with Crippen LogP contribution in [-0.2, 0) is 28.5 Å². The van der Waals surface area contributed by atoms with E-state index in [1.54, 1.807) is 33.5 Å². The molecule has 10 heteroatoms. The summed E-state index contributed by atoms with van der Waals surface area (Å²) < 4.78 is 32.5. The standard InChI is InChI=1S/C47H73NO9/c1-6-8-9-10-11-12-13-14-15-16-17-18-22-25-35(50)57-47-36-33(28-32(39(54-4)43(47)51)38(36)56-44(52)31-23-20-19-21-24-31)46-27-26-34(49)45(30-53-3)29-48(7-2)42(46)37(47)40(55-5)41(45)46/h19-21,23-24,32-34,36-43,49,51H,6-18,22,25-30H2,1-5H3/t32?,33-,34-,36-,37+,38+,39-,40+,41-,42?,43+,45+,46-,47-/m1/s1. The van der Waals surface area contributed by atoms with Crippen molar-refractivity contribution in [2.24, 2.45) is 40.4 Å². The van der Waals surface area contributed by atoms with E-state index in [4.69, 9.17) is 23.7 Å². The molecule has 320 valence electrons. The number of ether oxygens (including phenoxy) is 5. The van der Waals surface area contributed by atoms with E-state index in [1.807, 2.05) is 18.2 Å². The molecule has 57 heavy (non-hydrogen) atoms. The van der Waals surface area contributed by atoms with E-state index in [9.17, 15) is 19.8 Å². The zero-order valence-electron chi connectivity index (χ0n) is 35.6. The smallest absolute Gasteiger partial charge is 0.338 e. The average Bonchev–Trinajstić information content (AvgIpc) is 3.64. The first-order chi connectivity index (χ1) is 27.7. The number of nitrogens with zero attached hydrogens (tertiary/aromatic N) is 1. The highest BCUT2D eigenvalue weighted by molar-refractivity contribution is 5.89. The van der Waals surface area contributed by atoms with Crippen molar-refractivity contribution in [3.05, 3.63) is 35.9 Å². The van der Waals surface area contributed by atoms with E-state index in [-0.39, 0.29) is 41.6 Å². The van der Waals surface area contributed by atoms with Gasteiger partial charge in [-0.3, -0.25) is 9.69 Å². The average molecular weight is 796 g/mol. The number of hydrogen-bond acceptors (Lipinski definition) is 10. The number of piperidine rings is 1. The molecule has 1 aliphatic heterocycles. The number of unbranched alkanes of at least 4 members (excludes halogenated alkanes) is 12. The van der Waals surface area contributed by atoms with Crippen LogP contribution in [0.1, 0.15) is 133 Å². The van der Waals surface area contributed by atoms with Crippen molar-refractivity contribution in [3.63, 3.8) is 0 Å². The highest BCUT2D eigenvalue weighted by Crippen LogP contribution is 2.80. The molecular weight excluding hydrogens is 723 g/mol. The Labute approximate surface area is 342 Å². The van der Waals surface area contributed by atoms with Crippen molar-refractivity contribution in [1.29, 1.82) is 0 Å². The molecule has 6 fully saturated rings. The van der Waals surface area contributed by atoms with Gasteiger partial charge in [0.25, 0.3) is 0 Å². The first kappa shape index (κ1) is 43.0. The number of esters is 2. The van der Waals surface area contributed by atoms with Crippen LogP contribution in [0.15, 0.2) is 30.3 Å². The lowest BCUT2D eigenvalue weighted by Gasteiger charge is -2.68. The number of carbonyl (C=O) groups excluding carboxylic acids is 2. The van der Waals surface area contributed by atoms with Gasteiger partial charge < -0.3 is 33.9 Å². The third-order valence-electron chi connectivity index (χ3n) is 16.2. The fourth-order valence-electron chi connectivity index (χ4n) is 14.3. The largest absolute Gasteiger partial charge is 0.458 e. The zero-order chi connectivity index (χ0) is 40.4. The summed E-state index contributed by atoms with van der Waals surface area (Å²) in [4.78, 5) is 30.9. The van der Waals surface area contributed by atoms with Gasteiger partial charge in [-0.05, 0) is 55.7 Å². The Balaban J connectivity index is 1.17. The van der Waals surface area contributed by atoms with Crippen LogP contribution < -0.4 is 0 Å². The minimum Gasteiger partial charge on any atom is -0.458 e. The van der Waals surface area contributed by atoms with Crippen LogP contribution in [0, 0.1) is 40.4 Å². The van der Waals surface area contributed by atoms with Crippen LogP contribution in [0.4, 0.5) is 0 Å². The normalized spacial score (nSPS) is 39.9. The third kappa shape index (κ3) is 7.12. The predicted octanol–water partition coefficient (Wildman–Crippen LogP) is 7.37. The minimum absolute atomic E-state index is 0.0743. The molecule has 6 aliphatic rings. The molecular formula is C47H73NO9. The fraction of sp³-hybridized carbons (Fsp3) is 0.830. The number of aliphatic hydroxyl groups excluding tert-OH is 2. The van der Waals surface area contributed by atoms with E-state index >= 15 is 0 Å². The quantitative estimate of drug-likeness (QED) is 0.0909. The summed E-state index contributed by atoms with van der Waals surface area (Å²) in [5, 5.41) is 24.9. The monoisotopic (exact) mass is 796 g/mol. The molecule has 1 aromatic carbocycles. The van der Waals surface area contributed by atoms with Crippen molar-refractivity contribution in [3.8, 4) is 0 Å². The van der Waals surface area contributed by atoms with Gasteiger partial charge in [-0.2, -0.15) is 0 Å². The minimum atomic E-state index is -1.44. The lowest BCUT2D eigenvalue weighted by Crippen LogP contribution is -2.78. The van der Waals surface area contributed by atoms with Crippen molar-refractivity contribution in [2.75, 3.05) is 41.0 Å². The predicted molar refractivity (Wildman–Crippen MR) is 217 cm³/mol. The van der Waals surface area contributed by atoms with Crippen molar-refractivity contribution < 1.29 is 43.5 Å².